The van der Waals surface area contributed by atoms with E-state index in [0.717, 1.165) is 37.1 Å². The van der Waals surface area contributed by atoms with Crippen molar-refractivity contribution >= 4 is 9.84 Å². The molecular formula is C24H31NO5S. The zero-order valence-electron chi connectivity index (χ0n) is 18.1. The van der Waals surface area contributed by atoms with E-state index in [-0.39, 0.29) is 12.6 Å². The second kappa shape index (κ2) is 9.79. The van der Waals surface area contributed by atoms with Gasteiger partial charge in [-0.15, -0.1) is 0 Å². The summed E-state index contributed by atoms with van der Waals surface area (Å²) in [5, 5.41) is -0.756. The molecule has 2 heterocycles. The molecule has 2 saturated heterocycles. The van der Waals surface area contributed by atoms with Gasteiger partial charge in [-0.25, -0.2) is 8.42 Å². The molecular weight excluding hydrogens is 414 g/mol. The minimum Gasteiger partial charge on any atom is -0.374 e. The van der Waals surface area contributed by atoms with Gasteiger partial charge in [-0.3, -0.25) is 4.90 Å². The zero-order valence-corrected chi connectivity index (χ0v) is 19.0. The molecule has 2 aliphatic rings. The highest BCUT2D eigenvalue weighted by atomic mass is 32.2. The molecule has 4 rings (SSSR count). The fourth-order valence-electron chi connectivity index (χ4n) is 4.59. The Labute approximate surface area is 185 Å². The lowest BCUT2D eigenvalue weighted by Crippen LogP contribution is -2.51. The quantitative estimate of drug-likeness (QED) is 0.622. The van der Waals surface area contributed by atoms with Crippen LogP contribution in [0.5, 0.6) is 0 Å². The Morgan fingerprint density at radius 3 is 2.35 bits per heavy atom. The maximum atomic E-state index is 13.8. The molecule has 2 fully saturated rings. The molecule has 7 heteroatoms. The van der Waals surface area contributed by atoms with Gasteiger partial charge < -0.3 is 14.2 Å². The van der Waals surface area contributed by atoms with Gasteiger partial charge in [0, 0.05) is 7.11 Å². The van der Waals surface area contributed by atoms with Crippen LogP contribution in [0.2, 0.25) is 0 Å². The van der Waals surface area contributed by atoms with Crippen molar-refractivity contribution in [1.29, 1.82) is 0 Å². The fourth-order valence-corrected chi connectivity index (χ4v) is 6.63. The molecule has 4 atom stereocenters. The van der Waals surface area contributed by atoms with Crippen LogP contribution < -0.4 is 0 Å². The number of likely N-dealkylation sites (tertiary alicyclic amines) is 1. The molecule has 0 bridgehead atoms. The Kier molecular flexibility index (Phi) is 7.08. The number of nitrogens with zero attached hydrogens (tertiary/aromatic N) is 1. The molecule has 0 saturated carbocycles. The van der Waals surface area contributed by atoms with E-state index in [1.807, 2.05) is 49.4 Å². The van der Waals surface area contributed by atoms with E-state index in [1.54, 1.807) is 19.2 Å². The summed E-state index contributed by atoms with van der Waals surface area (Å²) in [5.41, 5.74) is 2.06. The monoisotopic (exact) mass is 445 g/mol. The Morgan fingerprint density at radius 2 is 1.71 bits per heavy atom. The highest BCUT2D eigenvalue weighted by Gasteiger charge is 2.54. The van der Waals surface area contributed by atoms with Gasteiger partial charge in [0.25, 0.3) is 0 Å². The summed E-state index contributed by atoms with van der Waals surface area (Å²) in [6.45, 7) is 4.25. The largest absolute Gasteiger partial charge is 0.374 e. The van der Waals surface area contributed by atoms with E-state index in [0.29, 0.717) is 11.5 Å². The number of ether oxygens (including phenoxy) is 3. The SMILES string of the molecule is CO[C@@H]1O[C@H](COCc2ccccc2)[C@@H](S(=O)(=O)c2ccc(C)cc2)[C@@H]1N1CCCC1. The molecule has 0 unspecified atom stereocenters. The first kappa shape index (κ1) is 22.4. The number of aryl methyl sites for hydroxylation is 1. The Morgan fingerprint density at radius 1 is 1.03 bits per heavy atom. The van der Waals surface area contributed by atoms with Crippen molar-refractivity contribution in [2.24, 2.45) is 0 Å². The van der Waals surface area contributed by atoms with Gasteiger partial charge in [0.1, 0.15) is 11.4 Å². The second-order valence-electron chi connectivity index (χ2n) is 8.34. The van der Waals surface area contributed by atoms with E-state index in [4.69, 9.17) is 14.2 Å². The van der Waals surface area contributed by atoms with Gasteiger partial charge in [0.05, 0.1) is 24.2 Å². The van der Waals surface area contributed by atoms with Crippen molar-refractivity contribution in [3.05, 3.63) is 65.7 Å². The zero-order chi connectivity index (χ0) is 21.8. The molecule has 0 amide bonds. The highest BCUT2D eigenvalue weighted by Crippen LogP contribution is 2.36. The number of benzene rings is 2. The van der Waals surface area contributed by atoms with Crippen molar-refractivity contribution in [3.8, 4) is 0 Å². The molecule has 0 N–H and O–H groups in total. The number of hydrogen-bond acceptors (Lipinski definition) is 6. The van der Waals surface area contributed by atoms with Gasteiger partial charge in [-0.1, -0.05) is 48.0 Å². The van der Waals surface area contributed by atoms with Gasteiger partial charge in [-0.2, -0.15) is 0 Å². The molecule has 2 aromatic carbocycles. The van der Waals surface area contributed by atoms with Crippen molar-refractivity contribution in [2.75, 3.05) is 26.8 Å². The third-order valence-electron chi connectivity index (χ3n) is 6.19. The van der Waals surface area contributed by atoms with E-state index < -0.39 is 27.5 Å². The van der Waals surface area contributed by atoms with Crippen LogP contribution >= 0.6 is 0 Å². The molecule has 0 spiro atoms. The van der Waals surface area contributed by atoms with E-state index in [2.05, 4.69) is 4.90 Å². The van der Waals surface area contributed by atoms with Crippen molar-refractivity contribution in [3.63, 3.8) is 0 Å². The molecule has 2 aromatic rings. The highest BCUT2D eigenvalue weighted by molar-refractivity contribution is 7.92. The summed E-state index contributed by atoms with van der Waals surface area (Å²) >= 11 is 0. The van der Waals surface area contributed by atoms with Crippen LogP contribution in [0.3, 0.4) is 0 Å². The van der Waals surface area contributed by atoms with Crippen LogP contribution in [-0.4, -0.2) is 63.8 Å². The first-order valence-electron chi connectivity index (χ1n) is 10.9. The van der Waals surface area contributed by atoms with Gasteiger partial charge in [-0.05, 0) is 50.6 Å². The topological polar surface area (TPSA) is 65.1 Å². The van der Waals surface area contributed by atoms with Crippen molar-refractivity contribution < 1.29 is 22.6 Å². The van der Waals surface area contributed by atoms with Gasteiger partial charge >= 0.3 is 0 Å². The van der Waals surface area contributed by atoms with Crippen LogP contribution in [0.25, 0.3) is 0 Å². The standard InChI is InChI=1S/C24H31NO5S/c1-18-10-12-20(13-11-18)31(26,27)23-21(17-29-16-19-8-4-3-5-9-19)30-24(28-2)22(23)25-14-6-7-15-25/h3-5,8-13,21-24H,6-7,14-17H2,1-2H3/t21-,22+,23-,24-/m1/s1. The lowest BCUT2D eigenvalue weighted by atomic mass is 10.1. The predicted molar refractivity (Wildman–Crippen MR) is 119 cm³/mol. The fraction of sp³-hybridized carbons (Fsp3) is 0.500. The lowest BCUT2D eigenvalue weighted by Gasteiger charge is -2.31. The smallest absolute Gasteiger partial charge is 0.185 e. The van der Waals surface area contributed by atoms with Crippen LogP contribution in [0, 0.1) is 6.92 Å². The molecule has 6 nitrogen and oxygen atoms in total. The summed E-state index contributed by atoms with van der Waals surface area (Å²) < 4.78 is 45.3. The molecule has 0 aliphatic carbocycles. The maximum Gasteiger partial charge on any atom is 0.185 e. The Balaban J connectivity index is 1.61. The maximum absolute atomic E-state index is 13.8. The number of sulfone groups is 1. The first-order chi connectivity index (χ1) is 15.0. The summed E-state index contributed by atoms with van der Waals surface area (Å²) in [6.07, 6.45) is 0.901. The predicted octanol–water partition coefficient (Wildman–Crippen LogP) is 3.19. The molecule has 0 radical (unpaired) electrons. The molecule has 168 valence electrons. The average Bonchev–Trinajstić information content (AvgIpc) is 3.42. The van der Waals surface area contributed by atoms with E-state index in [9.17, 15) is 8.42 Å². The minimum absolute atomic E-state index is 0.189. The lowest BCUT2D eigenvalue weighted by molar-refractivity contribution is -0.146. The van der Waals surface area contributed by atoms with Crippen molar-refractivity contribution in [2.45, 2.75) is 55.0 Å². The van der Waals surface area contributed by atoms with Crippen LogP contribution in [0.1, 0.15) is 24.0 Å². The third-order valence-corrected chi connectivity index (χ3v) is 8.42. The van der Waals surface area contributed by atoms with Crippen molar-refractivity contribution in [1.82, 2.24) is 4.90 Å². The summed E-state index contributed by atoms with van der Waals surface area (Å²) in [4.78, 5) is 2.53. The summed E-state index contributed by atoms with van der Waals surface area (Å²) in [5.74, 6) is 0. The van der Waals surface area contributed by atoms with Crippen LogP contribution in [0.4, 0.5) is 0 Å². The third kappa shape index (κ3) is 4.86. The van der Waals surface area contributed by atoms with Gasteiger partial charge in [0.15, 0.2) is 16.1 Å². The molecule has 2 aliphatic heterocycles. The molecule has 31 heavy (non-hydrogen) atoms. The minimum atomic E-state index is -3.66. The number of rotatable bonds is 8. The van der Waals surface area contributed by atoms with Crippen LogP contribution in [0.15, 0.2) is 59.5 Å². The average molecular weight is 446 g/mol. The Hall–Kier alpha value is -1.77. The summed E-state index contributed by atoms with van der Waals surface area (Å²) in [6, 6.07) is 16.5. The summed E-state index contributed by atoms with van der Waals surface area (Å²) in [7, 11) is -2.08. The van der Waals surface area contributed by atoms with Gasteiger partial charge in [0.2, 0.25) is 0 Å². The first-order valence-corrected chi connectivity index (χ1v) is 12.4. The number of methoxy groups -OCH3 is 1. The van der Waals surface area contributed by atoms with E-state index >= 15 is 0 Å². The second-order valence-corrected chi connectivity index (χ2v) is 10.4. The van der Waals surface area contributed by atoms with E-state index in [1.165, 1.54) is 0 Å². The Bertz CT molecular complexity index is 942. The molecule has 0 aromatic heterocycles. The van der Waals surface area contributed by atoms with Crippen LogP contribution in [-0.2, 0) is 30.7 Å². The normalized spacial score (nSPS) is 27.0. The number of hydrogen-bond donors (Lipinski definition) is 0.